The summed E-state index contributed by atoms with van der Waals surface area (Å²) in [5, 5.41) is 0. The fourth-order valence-corrected chi connectivity index (χ4v) is 1.47. The molecule has 0 aromatic carbocycles. The molecule has 1 saturated heterocycles. The van der Waals surface area contributed by atoms with E-state index in [2.05, 4.69) is 0 Å². The Morgan fingerprint density at radius 3 is 2.50 bits per heavy atom. The quantitative estimate of drug-likeness (QED) is 0.544. The van der Waals surface area contributed by atoms with Gasteiger partial charge in [0.05, 0.1) is 6.04 Å². The number of hydrogen-bond donors (Lipinski definition) is 1. The number of nitrogens with zero attached hydrogens (tertiary/aromatic N) is 1. The molecular formula is C7H12N2O. The van der Waals surface area contributed by atoms with Crippen molar-refractivity contribution in [1.82, 2.24) is 4.90 Å². The molecule has 3 heteroatoms. The van der Waals surface area contributed by atoms with Gasteiger partial charge in [0.1, 0.15) is 0 Å². The number of nitrogens with two attached hydrogens (primary N) is 1. The van der Waals surface area contributed by atoms with Crippen LogP contribution in [0.1, 0.15) is 19.3 Å². The molecule has 0 spiro atoms. The van der Waals surface area contributed by atoms with Crippen LogP contribution in [0.3, 0.4) is 0 Å². The maximum absolute atomic E-state index is 11.2. The normalized spacial score (nSPS) is 33.5. The molecule has 1 saturated carbocycles. The fraction of sp³-hybridized carbons (Fsp3) is 0.857. The Labute approximate surface area is 60.2 Å². The third kappa shape index (κ3) is 0.814. The van der Waals surface area contributed by atoms with Crippen molar-refractivity contribution in [3.63, 3.8) is 0 Å². The van der Waals surface area contributed by atoms with Gasteiger partial charge in [0.15, 0.2) is 0 Å². The lowest BCUT2D eigenvalue weighted by molar-refractivity contribution is -0.129. The largest absolute Gasteiger partial charge is 0.338 e. The maximum Gasteiger partial charge on any atom is 0.239 e. The minimum absolute atomic E-state index is 0.169. The summed E-state index contributed by atoms with van der Waals surface area (Å²) in [6.45, 7) is 0.894. The van der Waals surface area contributed by atoms with Crippen molar-refractivity contribution in [3.05, 3.63) is 0 Å². The summed E-state index contributed by atoms with van der Waals surface area (Å²) in [5.74, 6) is 0.169. The van der Waals surface area contributed by atoms with E-state index in [-0.39, 0.29) is 11.9 Å². The Bertz CT molecular complexity index is 165. The molecule has 0 aromatic rings. The average molecular weight is 140 g/mol. The predicted octanol–water partition coefficient (Wildman–Crippen LogP) is -0.292. The second-order valence-electron chi connectivity index (χ2n) is 3.16. The molecule has 0 unspecified atom stereocenters. The van der Waals surface area contributed by atoms with Crippen LogP contribution in [0.2, 0.25) is 0 Å². The highest BCUT2D eigenvalue weighted by Crippen LogP contribution is 2.29. The summed E-state index contributed by atoms with van der Waals surface area (Å²) >= 11 is 0. The van der Waals surface area contributed by atoms with Crippen LogP contribution in [0.4, 0.5) is 0 Å². The van der Waals surface area contributed by atoms with Crippen LogP contribution in [-0.4, -0.2) is 29.4 Å². The van der Waals surface area contributed by atoms with E-state index in [0.717, 1.165) is 13.0 Å². The van der Waals surface area contributed by atoms with Gasteiger partial charge >= 0.3 is 0 Å². The molecule has 2 fully saturated rings. The van der Waals surface area contributed by atoms with Crippen molar-refractivity contribution >= 4 is 5.91 Å². The van der Waals surface area contributed by atoms with Crippen LogP contribution >= 0.6 is 0 Å². The van der Waals surface area contributed by atoms with Gasteiger partial charge in [0, 0.05) is 12.6 Å². The van der Waals surface area contributed by atoms with Crippen molar-refractivity contribution in [2.75, 3.05) is 6.54 Å². The highest BCUT2D eigenvalue weighted by atomic mass is 16.2. The minimum Gasteiger partial charge on any atom is -0.338 e. The molecule has 1 aliphatic heterocycles. The third-order valence-electron chi connectivity index (χ3n) is 2.27. The molecule has 10 heavy (non-hydrogen) atoms. The number of rotatable bonds is 1. The van der Waals surface area contributed by atoms with Crippen molar-refractivity contribution < 1.29 is 4.79 Å². The smallest absolute Gasteiger partial charge is 0.239 e. The Morgan fingerprint density at radius 1 is 1.40 bits per heavy atom. The maximum atomic E-state index is 11.2. The molecule has 2 N–H and O–H groups in total. The molecule has 2 rings (SSSR count). The van der Waals surface area contributed by atoms with E-state index in [0.29, 0.717) is 6.04 Å². The van der Waals surface area contributed by atoms with E-state index < -0.39 is 0 Å². The minimum atomic E-state index is -0.194. The number of carbonyl (C=O) groups excluding carboxylic acids is 1. The second kappa shape index (κ2) is 1.95. The van der Waals surface area contributed by atoms with Gasteiger partial charge in [-0.15, -0.1) is 0 Å². The fourth-order valence-electron chi connectivity index (χ4n) is 1.47. The molecule has 1 aliphatic carbocycles. The monoisotopic (exact) mass is 140 g/mol. The Balaban J connectivity index is 2.03. The first-order valence-corrected chi connectivity index (χ1v) is 3.85. The standard InChI is InChI=1S/C7H12N2O/c8-6-3-4-9(7(6)10)5-1-2-5/h5-6H,1-4,8H2/t6-/m1/s1. The number of amides is 1. The molecule has 0 radical (unpaired) electrons. The lowest BCUT2D eigenvalue weighted by Crippen LogP contribution is -2.35. The van der Waals surface area contributed by atoms with Crippen LogP contribution in [0.15, 0.2) is 0 Å². The van der Waals surface area contributed by atoms with Gasteiger partial charge in [-0.25, -0.2) is 0 Å². The molecule has 1 atom stereocenters. The van der Waals surface area contributed by atoms with Crippen LogP contribution in [0, 0.1) is 0 Å². The summed E-state index contributed by atoms with van der Waals surface area (Å²) in [7, 11) is 0. The average Bonchev–Trinajstić information content (AvgIpc) is 2.67. The molecule has 56 valence electrons. The van der Waals surface area contributed by atoms with Crippen LogP contribution < -0.4 is 5.73 Å². The van der Waals surface area contributed by atoms with Gasteiger partial charge in [0.25, 0.3) is 0 Å². The van der Waals surface area contributed by atoms with Crippen LogP contribution in [0.25, 0.3) is 0 Å². The van der Waals surface area contributed by atoms with Gasteiger partial charge in [-0.05, 0) is 19.3 Å². The highest BCUT2D eigenvalue weighted by Gasteiger charge is 2.38. The molecule has 3 nitrogen and oxygen atoms in total. The zero-order valence-corrected chi connectivity index (χ0v) is 5.92. The number of carbonyl (C=O) groups is 1. The molecule has 0 bridgehead atoms. The first-order valence-electron chi connectivity index (χ1n) is 3.85. The van der Waals surface area contributed by atoms with E-state index >= 15 is 0 Å². The van der Waals surface area contributed by atoms with Gasteiger partial charge in [0.2, 0.25) is 5.91 Å². The third-order valence-corrected chi connectivity index (χ3v) is 2.27. The Morgan fingerprint density at radius 2 is 2.10 bits per heavy atom. The lowest BCUT2D eigenvalue weighted by Gasteiger charge is -2.13. The second-order valence-corrected chi connectivity index (χ2v) is 3.16. The van der Waals surface area contributed by atoms with Gasteiger partial charge in [-0.2, -0.15) is 0 Å². The Hall–Kier alpha value is -0.570. The predicted molar refractivity (Wildman–Crippen MR) is 37.3 cm³/mol. The van der Waals surface area contributed by atoms with E-state index in [1.807, 2.05) is 4.90 Å². The summed E-state index contributed by atoms with van der Waals surface area (Å²) in [6.07, 6.45) is 3.24. The molecule has 0 aromatic heterocycles. The summed E-state index contributed by atoms with van der Waals surface area (Å²) in [4.78, 5) is 13.1. The van der Waals surface area contributed by atoms with Gasteiger partial charge in [-0.3, -0.25) is 4.79 Å². The molecule has 1 heterocycles. The SMILES string of the molecule is N[C@@H]1CCN(C2CC2)C1=O. The van der Waals surface area contributed by atoms with Crippen molar-refractivity contribution in [1.29, 1.82) is 0 Å². The summed E-state index contributed by atoms with van der Waals surface area (Å²) < 4.78 is 0. The first kappa shape index (κ1) is 6.16. The molecule has 2 aliphatic rings. The molecular weight excluding hydrogens is 128 g/mol. The van der Waals surface area contributed by atoms with Crippen LogP contribution in [0.5, 0.6) is 0 Å². The van der Waals surface area contributed by atoms with E-state index in [9.17, 15) is 4.79 Å². The van der Waals surface area contributed by atoms with Crippen molar-refractivity contribution in [2.24, 2.45) is 5.73 Å². The number of hydrogen-bond acceptors (Lipinski definition) is 2. The first-order chi connectivity index (χ1) is 4.79. The van der Waals surface area contributed by atoms with Crippen molar-refractivity contribution in [3.8, 4) is 0 Å². The number of likely N-dealkylation sites (tertiary alicyclic amines) is 1. The lowest BCUT2D eigenvalue weighted by atomic mass is 10.3. The Kier molecular flexibility index (Phi) is 1.20. The highest BCUT2D eigenvalue weighted by molar-refractivity contribution is 5.84. The summed E-state index contributed by atoms with van der Waals surface area (Å²) in [5.41, 5.74) is 5.54. The van der Waals surface area contributed by atoms with Gasteiger partial charge in [-0.1, -0.05) is 0 Å². The van der Waals surface area contributed by atoms with E-state index in [4.69, 9.17) is 5.73 Å². The molecule has 1 amide bonds. The summed E-state index contributed by atoms with van der Waals surface area (Å²) in [6, 6.07) is 0.363. The zero-order chi connectivity index (χ0) is 7.14. The van der Waals surface area contributed by atoms with Gasteiger partial charge < -0.3 is 10.6 Å². The topological polar surface area (TPSA) is 46.3 Å². The van der Waals surface area contributed by atoms with Crippen LogP contribution in [-0.2, 0) is 4.79 Å². The van der Waals surface area contributed by atoms with Crippen molar-refractivity contribution in [2.45, 2.75) is 31.3 Å². The zero-order valence-electron chi connectivity index (χ0n) is 5.92. The van der Waals surface area contributed by atoms with E-state index in [1.54, 1.807) is 0 Å². The van der Waals surface area contributed by atoms with E-state index in [1.165, 1.54) is 12.8 Å².